The first-order chi connectivity index (χ1) is 11.0. The van der Waals surface area contributed by atoms with E-state index in [1.54, 1.807) is 11.8 Å². The Morgan fingerprint density at radius 3 is 2.22 bits per heavy atom. The van der Waals surface area contributed by atoms with Crippen molar-refractivity contribution in [2.45, 2.75) is 19.6 Å². The topological polar surface area (TPSA) is 57.7 Å². The number of carbonyl (C=O) groups is 1. The smallest absolute Gasteiger partial charge is 0.253 e. The van der Waals surface area contributed by atoms with Gasteiger partial charge in [0.25, 0.3) is 5.91 Å². The molecule has 1 saturated heterocycles. The number of amides is 1. The molecule has 23 heavy (non-hydrogen) atoms. The summed E-state index contributed by atoms with van der Waals surface area (Å²) in [4.78, 5) is 14.2. The summed E-state index contributed by atoms with van der Waals surface area (Å²) in [6.45, 7) is 5.43. The Morgan fingerprint density at radius 1 is 1.09 bits per heavy atom. The average Bonchev–Trinajstić information content (AvgIpc) is 2.60. The minimum absolute atomic E-state index is 0.0201. The molecular weight excluding hydrogens is 332 g/mol. The standard InChI is InChI=1S/C16H24N2O3S2/c1-3-22-13-14-5-7-15(8-6-14)16(19)17-9-11-18(12-10-17)23(20,21)4-2/h5-8H,3-4,9-13H2,1-2H3. The molecular formula is C16H24N2O3S2. The summed E-state index contributed by atoms with van der Waals surface area (Å²) < 4.78 is 25.2. The molecule has 1 aliphatic rings. The van der Waals surface area contributed by atoms with E-state index < -0.39 is 10.0 Å². The Labute approximate surface area is 143 Å². The zero-order valence-corrected chi connectivity index (χ0v) is 15.3. The minimum atomic E-state index is -3.16. The van der Waals surface area contributed by atoms with Crippen LogP contribution in [0, 0.1) is 0 Å². The Hall–Kier alpha value is -1.05. The van der Waals surface area contributed by atoms with Gasteiger partial charge in [0.2, 0.25) is 10.0 Å². The fraction of sp³-hybridized carbons (Fsp3) is 0.562. The Bertz CT molecular complexity index is 621. The number of rotatable bonds is 6. The van der Waals surface area contributed by atoms with Crippen LogP contribution in [-0.2, 0) is 15.8 Å². The highest BCUT2D eigenvalue weighted by atomic mass is 32.2. The Morgan fingerprint density at radius 2 is 1.70 bits per heavy atom. The molecule has 1 fully saturated rings. The summed E-state index contributed by atoms with van der Waals surface area (Å²) in [5, 5.41) is 0. The van der Waals surface area contributed by atoms with Gasteiger partial charge in [0.05, 0.1) is 5.75 Å². The van der Waals surface area contributed by atoms with Crippen molar-refractivity contribution in [1.29, 1.82) is 0 Å². The first-order valence-electron chi connectivity index (χ1n) is 7.91. The molecule has 0 spiro atoms. The highest BCUT2D eigenvalue weighted by molar-refractivity contribution is 7.98. The number of benzene rings is 1. The van der Waals surface area contributed by atoms with E-state index in [4.69, 9.17) is 0 Å². The van der Waals surface area contributed by atoms with Crippen LogP contribution >= 0.6 is 11.8 Å². The minimum Gasteiger partial charge on any atom is -0.336 e. The molecule has 1 aromatic carbocycles. The summed E-state index contributed by atoms with van der Waals surface area (Å²) in [5.74, 6) is 2.12. The maximum Gasteiger partial charge on any atom is 0.253 e. The van der Waals surface area contributed by atoms with Crippen molar-refractivity contribution in [2.24, 2.45) is 0 Å². The van der Waals surface area contributed by atoms with Gasteiger partial charge < -0.3 is 4.90 Å². The highest BCUT2D eigenvalue weighted by Gasteiger charge is 2.27. The lowest BCUT2D eigenvalue weighted by Gasteiger charge is -2.33. The zero-order chi connectivity index (χ0) is 16.9. The molecule has 128 valence electrons. The lowest BCUT2D eigenvalue weighted by Crippen LogP contribution is -2.50. The highest BCUT2D eigenvalue weighted by Crippen LogP contribution is 2.15. The second-order valence-electron chi connectivity index (χ2n) is 5.43. The van der Waals surface area contributed by atoms with Crippen LogP contribution in [0.25, 0.3) is 0 Å². The van der Waals surface area contributed by atoms with E-state index in [2.05, 4.69) is 6.92 Å². The van der Waals surface area contributed by atoms with Gasteiger partial charge in [0.1, 0.15) is 0 Å². The second-order valence-corrected chi connectivity index (χ2v) is 8.96. The van der Waals surface area contributed by atoms with Gasteiger partial charge >= 0.3 is 0 Å². The van der Waals surface area contributed by atoms with Gasteiger partial charge in [-0.05, 0) is 30.4 Å². The maximum absolute atomic E-state index is 12.5. The predicted octanol–water partition coefficient (Wildman–Crippen LogP) is 2.05. The second kappa shape index (κ2) is 8.17. The molecule has 0 aromatic heterocycles. The Balaban J connectivity index is 1.94. The van der Waals surface area contributed by atoms with Crippen molar-refractivity contribution >= 4 is 27.7 Å². The third-order valence-corrected chi connectivity index (χ3v) is 6.79. The van der Waals surface area contributed by atoms with Crippen molar-refractivity contribution in [3.8, 4) is 0 Å². The molecule has 1 heterocycles. The van der Waals surface area contributed by atoms with Crippen LogP contribution in [0.3, 0.4) is 0 Å². The van der Waals surface area contributed by atoms with Gasteiger partial charge in [-0.25, -0.2) is 8.42 Å². The number of nitrogens with zero attached hydrogens (tertiary/aromatic N) is 2. The largest absolute Gasteiger partial charge is 0.336 e. The number of piperazine rings is 1. The van der Waals surface area contributed by atoms with Crippen molar-refractivity contribution in [3.63, 3.8) is 0 Å². The molecule has 0 atom stereocenters. The molecule has 2 rings (SSSR count). The van der Waals surface area contributed by atoms with E-state index in [9.17, 15) is 13.2 Å². The van der Waals surface area contributed by atoms with E-state index in [1.807, 2.05) is 36.0 Å². The van der Waals surface area contributed by atoms with Crippen LogP contribution < -0.4 is 0 Å². The van der Waals surface area contributed by atoms with Gasteiger partial charge in [-0.15, -0.1) is 0 Å². The lowest BCUT2D eigenvalue weighted by atomic mass is 10.1. The number of thioether (sulfide) groups is 1. The average molecular weight is 357 g/mol. The predicted molar refractivity (Wildman–Crippen MR) is 95.2 cm³/mol. The van der Waals surface area contributed by atoms with Crippen molar-refractivity contribution < 1.29 is 13.2 Å². The van der Waals surface area contributed by atoms with Crippen LogP contribution in [0.15, 0.2) is 24.3 Å². The van der Waals surface area contributed by atoms with Crippen LogP contribution in [0.4, 0.5) is 0 Å². The monoisotopic (exact) mass is 356 g/mol. The van der Waals surface area contributed by atoms with E-state index >= 15 is 0 Å². The van der Waals surface area contributed by atoms with Crippen molar-refractivity contribution in [1.82, 2.24) is 9.21 Å². The van der Waals surface area contributed by atoms with E-state index in [0.29, 0.717) is 31.7 Å². The van der Waals surface area contributed by atoms with E-state index in [0.717, 1.165) is 11.5 Å². The summed E-state index contributed by atoms with van der Waals surface area (Å²) in [6, 6.07) is 7.72. The summed E-state index contributed by atoms with van der Waals surface area (Å²) >= 11 is 1.85. The number of hydrogen-bond acceptors (Lipinski definition) is 4. The van der Waals surface area contributed by atoms with Gasteiger partial charge in [-0.1, -0.05) is 19.1 Å². The van der Waals surface area contributed by atoms with Crippen molar-refractivity contribution in [3.05, 3.63) is 35.4 Å². The van der Waals surface area contributed by atoms with Crippen LogP contribution in [0.1, 0.15) is 29.8 Å². The molecule has 1 amide bonds. The fourth-order valence-corrected chi connectivity index (χ4v) is 4.22. The first kappa shape index (κ1) is 18.3. The number of sulfonamides is 1. The molecule has 5 nitrogen and oxygen atoms in total. The Kier molecular flexibility index (Phi) is 6.50. The van der Waals surface area contributed by atoms with E-state index in [-0.39, 0.29) is 11.7 Å². The van der Waals surface area contributed by atoms with Gasteiger partial charge in [0.15, 0.2) is 0 Å². The molecule has 1 aromatic rings. The van der Waals surface area contributed by atoms with Gasteiger partial charge in [0, 0.05) is 37.5 Å². The third kappa shape index (κ3) is 4.71. The van der Waals surface area contributed by atoms with Gasteiger partial charge in [-0.3, -0.25) is 4.79 Å². The van der Waals surface area contributed by atoms with Gasteiger partial charge in [-0.2, -0.15) is 16.1 Å². The number of hydrogen-bond donors (Lipinski definition) is 0. The molecule has 0 aliphatic carbocycles. The van der Waals surface area contributed by atoms with Crippen LogP contribution in [-0.4, -0.2) is 61.2 Å². The first-order valence-corrected chi connectivity index (χ1v) is 10.7. The van der Waals surface area contributed by atoms with Crippen molar-refractivity contribution in [2.75, 3.05) is 37.7 Å². The molecule has 0 saturated carbocycles. The quantitative estimate of drug-likeness (QED) is 0.783. The van der Waals surface area contributed by atoms with Crippen LogP contribution in [0.5, 0.6) is 0 Å². The normalized spacial score (nSPS) is 16.5. The van der Waals surface area contributed by atoms with E-state index in [1.165, 1.54) is 9.87 Å². The third-order valence-electron chi connectivity index (χ3n) is 3.96. The number of carbonyl (C=O) groups excluding carboxylic acids is 1. The summed E-state index contributed by atoms with van der Waals surface area (Å²) in [7, 11) is -3.16. The molecule has 7 heteroatoms. The summed E-state index contributed by atoms with van der Waals surface area (Å²) in [6.07, 6.45) is 0. The molecule has 1 aliphatic heterocycles. The maximum atomic E-state index is 12.5. The molecule has 0 N–H and O–H groups in total. The zero-order valence-electron chi connectivity index (χ0n) is 13.7. The summed E-state index contributed by atoms with van der Waals surface area (Å²) in [5.41, 5.74) is 1.88. The lowest BCUT2D eigenvalue weighted by molar-refractivity contribution is 0.0698. The fourth-order valence-electron chi connectivity index (χ4n) is 2.50. The molecule has 0 unspecified atom stereocenters. The van der Waals surface area contributed by atoms with Crippen LogP contribution in [0.2, 0.25) is 0 Å². The SMILES string of the molecule is CCSCc1ccc(C(=O)N2CCN(S(=O)(=O)CC)CC2)cc1. The molecule has 0 bridgehead atoms. The molecule has 0 radical (unpaired) electrons.